The van der Waals surface area contributed by atoms with Crippen molar-refractivity contribution in [3.63, 3.8) is 0 Å². The first-order chi connectivity index (χ1) is 13.7. The van der Waals surface area contributed by atoms with Crippen molar-refractivity contribution in [1.82, 2.24) is 10.2 Å². The van der Waals surface area contributed by atoms with E-state index in [1.165, 1.54) is 24.3 Å². The number of nitrogens with zero attached hydrogens (tertiary/aromatic N) is 1. The Morgan fingerprint density at radius 1 is 1.17 bits per heavy atom. The second-order valence-corrected chi connectivity index (χ2v) is 7.12. The molecule has 3 nitrogen and oxygen atoms in total. The number of rotatable bonds is 4. The molecule has 1 N–H and O–H groups in total. The first-order valence-corrected chi connectivity index (χ1v) is 9.66. The molecule has 0 saturated carbocycles. The topological polar surface area (TPSA) is 32.3 Å². The maximum Gasteiger partial charge on any atom is 0.417 e. The third-order valence-electron chi connectivity index (χ3n) is 4.66. The molecule has 158 valence electrons. The summed E-state index contributed by atoms with van der Waals surface area (Å²) in [5, 5.41) is 2.08. The number of carbonyl (C=O) groups is 1. The van der Waals surface area contributed by atoms with Crippen molar-refractivity contribution in [2.24, 2.45) is 0 Å². The smallest absolute Gasteiger partial charge is 0.351 e. The van der Waals surface area contributed by atoms with Gasteiger partial charge in [0, 0.05) is 19.1 Å². The Bertz CT molecular complexity index is 799. The van der Waals surface area contributed by atoms with Gasteiger partial charge in [0.2, 0.25) is 0 Å². The lowest BCUT2D eigenvalue weighted by molar-refractivity contribution is -0.137. The van der Waals surface area contributed by atoms with Gasteiger partial charge in [-0.1, -0.05) is 35.9 Å². The summed E-state index contributed by atoms with van der Waals surface area (Å²) in [6.07, 6.45) is -2.31. The van der Waals surface area contributed by atoms with Crippen LogP contribution in [0.25, 0.3) is 0 Å². The van der Waals surface area contributed by atoms with Gasteiger partial charge in [-0.2, -0.15) is 13.2 Å². The molecule has 2 aromatic rings. The third-order valence-corrected chi connectivity index (χ3v) is 5.06. The van der Waals surface area contributed by atoms with Crippen molar-refractivity contribution >= 4 is 17.5 Å². The molecule has 29 heavy (non-hydrogen) atoms. The fourth-order valence-electron chi connectivity index (χ4n) is 3.07. The zero-order chi connectivity index (χ0) is 21.4. The Balaban J connectivity index is 0.000000360. The van der Waals surface area contributed by atoms with Crippen LogP contribution in [-0.2, 0) is 6.18 Å². The predicted octanol–water partition coefficient (Wildman–Crippen LogP) is 5.40. The fraction of sp³-hybridized carbons (Fsp3) is 0.381. The van der Waals surface area contributed by atoms with E-state index >= 15 is 0 Å². The van der Waals surface area contributed by atoms with Crippen LogP contribution >= 0.6 is 11.6 Å². The van der Waals surface area contributed by atoms with Crippen molar-refractivity contribution in [2.75, 3.05) is 19.6 Å². The molecule has 1 heterocycles. The van der Waals surface area contributed by atoms with E-state index in [9.17, 15) is 22.4 Å². The number of carbonyl (C=O) groups excluding carboxylic acids is 1. The highest BCUT2D eigenvalue weighted by Gasteiger charge is 2.34. The van der Waals surface area contributed by atoms with Gasteiger partial charge in [-0.25, -0.2) is 4.39 Å². The number of alkyl halides is 3. The Labute approximate surface area is 172 Å². The van der Waals surface area contributed by atoms with Crippen LogP contribution in [0.4, 0.5) is 17.6 Å². The van der Waals surface area contributed by atoms with Crippen molar-refractivity contribution in [2.45, 2.75) is 32.0 Å². The van der Waals surface area contributed by atoms with Crippen LogP contribution < -0.4 is 5.32 Å². The van der Waals surface area contributed by atoms with Gasteiger partial charge in [-0.05, 0) is 50.6 Å². The maximum atomic E-state index is 12.8. The first-order valence-electron chi connectivity index (χ1n) is 9.28. The van der Waals surface area contributed by atoms with Gasteiger partial charge in [0.25, 0.3) is 5.91 Å². The van der Waals surface area contributed by atoms with E-state index in [2.05, 4.69) is 17.1 Å². The van der Waals surface area contributed by atoms with Crippen LogP contribution in [0.3, 0.4) is 0 Å². The van der Waals surface area contributed by atoms with Crippen LogP contribution in [0.5, 0.6) is 0 Å². The summed E-state index contributed by atoms with van der Waals surface area (Å²) in [5.74, 6) is -0.759. The summed E-state index contributed by atoms with van der Waals surface area (Å²) in [4.78, 5) is 14.3. The molecule has 3 rings (SSSR count). The molecule has 0 aliphatic carbocycles. The van der Waals surface area contributed by atoms with Crippen molar-refractivity contribution in [3.8, 4) is 0 Å². The average molecular weight is 431 g/mol. The summed E-state index contributed by atoms with van der Waals surface area (Å²) in [5.41, 5.74) is -1.14. The van der Waals surface area contributed by atoms with Crippen LogP contribution in [0, 0.1) is 5.82 Å². The first kappa shape index (κ1) is 23.2. The van der Waals surface area contributed by atoms with Gasteiger partial charge in [0.05, 0.1) is 16.1 Å². The normalized spacial score (nSPS) is 16.8. The number of hydrogen-bond acceptors (Lipinski definition) is 2. The minimum atomic E-state index is -4.57. The molecule has 1 atom stereocenters. The monoisotopic (exact) mass is 430 g/mol. The van der Waals surface area contributed by atoms with Crippen LogP contribution in [-0.4, -0.2) is 36.5 Å². The molecule has 0 bridgehead atoms. The highest BCUT2D eigenvalue weighted by Crippen LogP contribution is 2.36. The number of amides is 1. The average Bonchev–Trinajstić information content (AvgIpc) is 3.07. The standard InChI is InChI=1S/C15H18ClF3N2O.C6H5F/c1-10-4-3-8-21(10)9-7-20-14(22)11-5-2-6-12(13(11)16)15(17,18)19;7-6-4-2-1-3-5-6/h2,5-6,10H,3-4,7-9H2,1H3,(H,20,22);1-5H. The van der Waals surface area contributed by atoms with Gasteiger partial charge in [-0.3, -0.25) is 9.69 Å². The molecule has 1 unspecified atom stereocenters. The minimum Gasteiger partial charge on any atom is -0.351 e. The number of likely N-dealkylation sites (tertiary alicyclic amines) is 1. The fourth-order valence-corrected chi connectivity index (χ4v) is 3.39. The summed E-state index contributed by atoms with van der Waals surface area (Å²) in [7, 11) is 0. The van der Waals surface area contributed by atoms with Crippen LogP contribution in [0.1, 0.15) is 35.7 Å². The molecule has 1 aliphatic rings. The molecule has 2 aromatic carbocycles. The largest absolute Gasteiger partial charge is 0.417 e. The van der Waals surface area contributed by atoms with Crippen LogP contribution in [0.15, 0.2) is 48.5 Å². The Morgan fingerprint density at radius 2 is 1.86 bits per heavy atom. The molecule has 8 heteroatoms. The van der Waals surface area contributed by atoms with E-state index in [4.69, 9.17) is 11.6 Å². The summed E-state index contributed by atoms with van der Waals surface area (Å²) in [6, 6.07) is 11.8. The Hall–Kier alpha value is -2.12. The van der Waals surface area contributed by atoms with E-state index in [1.54, 1.807) is 18.2 Å². The number of benzene rings is 2. The van der Waals surface area contributed by atoms with E-state index in [1.807, 2.05) is 0 Å². The molecule has 0 spiro atoms. The molecule has 1 amide bonds. The minimum absolute atomic E-state index is 0.147. The predicted molar refractivity (Wildman–Crippen MR) is 105 cm³/mol. The van der Waals surface area contributed by atoms with Gasteiger partial charge in [-0.15, -0.1) is 0 Å². The molecule has 1 fully saturated rings. The lowest BCUT2D eigenvalue weighted by Crippen LogP contribution is -2.36. The van der Waals surface area contributed by atoms with E-state index in [0.717, 1.165) is 25.5 Å². The molecule has 0 aromatic heterocycles. The van der Waals surface area contributed by atoms with Gasteiger partial charge in [0.15, 0.2) is 0 Å². The highest BCUT2D eigenvalue weighted by molar-refractivity contribution is 6.34. The van der Waals surface area contributed by atoms with Gasteiger partial charge in [0.1, 0.15) is 5.82 Å². The molecule has 0 radical (unpaired) electrons. The zero-order valence-electron chi connectivity index (χ0n) is 16.0. The van der Waals surface area contributed by atoms with E-state index < -0.39 is 22.7 Å². The summed E-state index contributed by atoms with van der Waals surface area (Å²) < 4.78 is 50.2. The van der Waals surface area contributed by atoms with Crippen molar-refractivity contribution in [3.05, 3.63) is 70.5 Å². The lowest BCUT2D eigenvalue weighted by Gasteiger charge is -2.21. The number of hydrogen-bond donors (Lipinski definition) is 1. The highest BCUT2D eigenvalue weighted by atomic mass is 35.5. The summed E-state index contributed by atoms with van der Waals surface area (Å²) in [6.45, 7) is 4.18. The van der Waals surface area contributed by atoms with E-state index in [-0.39, 0.29) is 11.4 Å². The summed E-state index contributed by atoms with van der Waals surface area (Å²) >= 11 is 5.73. The maximum absolute atomic E-state index is 12.8. The third kappa shape index (κ3) is 7.01. The molecule has 1 saturated heterocycles. The molecular weight excluding hydrogens is 408 g/mol. The van der Waals surface area contributed by atoms with Gasteiger partial charge >= 0.3 is 6.18 Å². The number of nitrogens with one attached hydrogen (secondary N) is 1. The van der Waals surface area contributed by atoms with Crippen LogP contribution in [0.2, 0.25) is 5.02 Å². The Kier molecular flexibility index (Phi) is 8.46. The second-order valence-electron chi connectivity index (χ2n) is 6.74. The lowest BCUT2D eigenvalue weighted by atomic mass is 10.1. The van der Waals surface area contributed by atoms with E-state index in [0.29, 0.717) is 19.1 Å². The van der Waals surface area contributed by atoms with Crippen molar-refractivity contribution in [1.29, 1.82) is 0 Å². The zero-order valence-corrected chi connectivity index (χ0v) is 16.7. The SMILES string of the molecule is CC1CCCN1CCNC(=O)c1cccc(C(F)(F)F)c1Cl.Fc1ccccc1. The number of halogens is 5. The van der Waals surface area contributed by atoms with Gasteiger partial charge < -0.3 is 5.32 Å². The second kappa shape index (κ2) is 10.6. The molecular formula is C21H23ClF4N2O. The Morgan fingerprint density at radius 3 is 2.38 bits per heavy atom. The quantitative estimate of drug-likeness (QED) is 0.659. The van der Waals surface area contributed by atoms with Crippen molar-refractivity contribution < 1.29 is 22.4 Å². The molecule has 1 aliphatic heterocycles.